The quantitative estimate of drug-likeness (QED) is 0.520. The van der Waals surface area contributed by atoms with E-state index in [0.717, 1.165) is 22.7 Å². The molecule has 0 fully saturated rings. The molecule has 0 saturated heterocycles. The third kappa shape index (κ3) is 3.74. The van der Waals surface area contributed by atoms with Gasteiger partial charge in [-0.2, -0.15) is 9.97 Å². The number of rotatable bonds is 6. The molecule has 4 aromatic rings. The zero-order valence-corrected chi connectivity index (χ0v) is 15.4. The summed E-state index contributed by atoms with van der Waals surface area (Å²) in [6, 6.07) is 20.4. The fraction of sp³-hybridized carbons (Fsp3) is 0.190. The molecule has 2 aromatic carbocycles. The largest absolute Gasteiger partial charge is 0.364 e. The highest BCUT2D eigenvalue weighted by Crippen LogP contribution is 2.25. The molecule has 0 aliphatic rings. The first-order chi connectivity index (χ1) is 13.2. The molecule has 0 aliphatic heterocycles. The summed E-state index contributed by atoms with van der Waals surface area (Å²) in [5.41, 5.74) is 3.72. The van der Waals surface area contributed by atoms with E-state index in [1.165, 1.54) is 5.56 Å². The molecule has 0 atom stereocenters. The highest BCUT2D eigenvalue weighted by Gasteiger charge is 2.15. The van der Waals surface area contributed by atoms with Crippen LogP contribution in [0.2, 0.25) is 0 Å². The van der Waals surface area contributed by atoms with Crippen molar-refractivity contribution in [2.75, 3.05) is 10.6 Å². The Bertz CT molecular complexity index is 1020. The molecular weight excluding hydrogens is 336 g/mol. The molecule has 0 amide bonds. The summed E-state index contributed by atoms with van der Waals surface area (Å²) in [6.45, 7) is 4.90. The van der Waals surface area contributed by atoms with Crippen LogP contribution in [0.4, 0.5) is 17.5 Å². The molecule has 136 valence electrons. The standard InChI is InChI=1S/C21H22N6/c1-15(2)27-14-23-18-19(22-13-16-9-5-3-6-10-16)25-21(26-20(18)27)24-17-11-7-4-8-12-17/h3-12,14-15H,13H2,1-2H3,(H2,22,24,25,26). The van der Waals surface area contributed by atoms with Crippen molar-refractivity contribution in [2.45, 2.75) is 26.4 Å². The molecule has 0 radical (unpaired) electrons. The molecule has 4 rings (SSSR count). The third-order valence-electron chi connectivity index (χ3n) is 4.31. The lowest BCUT2D eigenvalue weighted by atomic mass is 10.2. The zero-order valence-electron chi connectivity index (χ0n) is 15.4. The van der Waals surface area contributed by atoms with E-state index in [4.69, 9.17) is 4.98 Å². The van der Waals surface area contributed by atoms with E-state index < -0.39 is 0 Å². The van der Waals surface area contributed by atoms with Gasteiger partial charge in [0.05, 0.1) is 6.33 Å². The van der Waals surface area contributed by atoms with Crippen molar-refractivity contribution in [3.63, 3.8) is 0 Å². The topological polar surface area (TPSA) is 67.7 Å². The first-order valence-electron chi connectivity index (χ1n) is 9.05. The molecule has 0 spiro atoms. The van der Waals surface area contributed by atoms with E-state index >= 15 is 0 Å². The van der Waals surface area contributed by atoms with Crippen LogP contribution in [0.25, 0.3) is 11.2 Å². The number of nitrogens with one attached hydrogen (secondary N) is 2. The van der Waals surface area contributed by atoms with Crippen LogP contribution in [0.3, 0.4) is 0 Å². The van der Waals surface area contributed by atoms with Crippen LogP contribution in [-0.4, -0.2) is 19.5 Å². The lowest BCUT2D eigenvalue weighted by Crippen LogP contribution is -2.07. The van der Waals surface area contributed by atoms with Gasteiger partial charge in [-0.05, 0) is 31.5 Å². The maximum atomic E-state index is 4.71. The monoisotopic (exact) mass is 358 g/mol. The highest BCUT2D eigenvalue weighted by molar-refractivity contribution is 5.84. The predicted octanol–water partition coefficient (Wildman–Crippen LogP) is 4.76. The molecule has 0 saturated carbocycles. The van der Waals surface area contributed by atoms with Gasteiger partial charge in [0, 0.05) is 18.3 Å². The number of aromatic nitrogens is 4. The summed E-state index contributed by atoms with van der Waals surface area (Å²) in [7, 11) is 0. The Labute approximate surface area is 158 Å². The molecule has 27 heavy (non-hydrogen) atoms. The number of hydrogen-bond acceptors (Lipinski definition) is 5. The van der Waals surface area contributed by atoms with Crippen LogP contribution >= 0.6 is 0 Å². The number of fused-ring (bicyclic) bond motifs is 1. The normalized spacial score (nSPS) is 11.1. The summed E-state index contributed by atoms with van der Waals surface area (Å²) in [5, 5.41) is 6.70. The minimum atomic E-state index is 0.261. The van der Waals surface area contributed by atoms with E-state index in [2.05, 4.69) is 51.1 Å². The molecule has 6 nitrogen and oxygen atoms in total. The number of imidazole rings is 1. The van der Waals surface area contributed by atoms with E-state index in [9.17, 15) is 0 Å². The first kappa shape index (κ1) is 17.0. The van der Waals surface area contributed by atoms with Gasteiger partial charge in [0.25, 0.3) is 0 Å². The minimum Gasteiger partial charge on any atom is -0.364 e. The Morgan fingerprint density at radius 3 is 2.33 bits per heavy atom. The molecular formula is C21H22N6. The van der Waals surface area contributed by atoms with Gasteiger partial charge in [0.15, 0.2) is 17.0 Å². The van der Waals surface area contributed by atoms with Crippen molar-refractivity contribution in [2.24, 2.45) is 0 Å². The van der Waals surface area contributed by atoms with Gasteiger partial charge in [0.1, 0.15) is 0 Å². The summed E-state index contributed by atoms with van der Waals surface area (Å²) >= 11 is 0. The van der Waals surface area contributed by atoms with Crippen LogP contribution in [0.15, 0.2) is 67.0 Å². The van der Waals surface area contributed by atoms with Crippen molar-refractivity contribution in [3.05, 3.63) is 72.6 Å². The van der Waals surface area contributed by atoms with Crippen LogP contribution < -0.4 is 10.6 Å². The summed E-state index contributed by atoms with van der Waals surface area (Å²) in [4.78, 5) is 13.9. The fourth-order valence-corrected chi connectivity index (χ4v) is 2.91. The van der Waals surface area contributed by atoms with Crippen LogP contribution in [0.5, 0.6) is 0 Å². The highest BCUT2D eigenvalue weighted by atomic mass is 15.2. The van der Waals surface area contributed by atoms with E-state index in [1.54, 1.807) is 0 Å². The van der Waals surface area contributed by atoms with Gasteiger partial charge in [-0.25, -0.2) is 4.98 Å². The van der Waals surface area contributed by atoms with Gasteiger partial charge in [-0.1, -0.05) is 48.5 Å². The summed E-state index contributed by atoms with van der Waals surface area (Å²) < 4.78 is 2.06. The van der Waals surface area contributed by atoms with Crippen LogP contribution in [-0.2, 0) is 6.54 Å². The van der Waals surface area contributed by atoms with E-state index in [1.807, 2.05) is 54.9 Å². The van der Waals surface area contributed by atoms with Gasteiger partial charge >= 0.3 is 0 Å². The Morgan fingerprint density at radius 2 is 1.63 bits per heavy atom. The van der Waals surface area contributed by atoms with E-state index in [0.29, 0.717) is 12.5 Å². The smallest absolute Gasteiger partial charge is 0.231 e. The molecule has 0 unspecified atom stereocenters. The van der Waals surface area contributed by atoms with Gasteiger partial charge in [-0.15, -0.1) is 0 Å². The first-order valence-corrected chi connectivity index (χ1v) is 9.05. The predicted molar refractivity (Wildman–Crippen MR) is 109 cm³/mol. The number of nitrogens with zero attached hydrogens (tertiary/aromatic N) is 4. The average molecular weight is 358 g/mol. The number of benzene rings is 2. The van der Waals surface area contributed by atoms with Crippen molar-refractivity contribution in [1.29, 1.82) is 0 Å². The maximum Gasteiger partial charge on any atom is 0.231 e. The van der Waals surface area contributed by atoms with Crippen molar-refractivity contribution in [3.8, 4) is 0 Å². The molecule has 0 bridgehead atoms. The molecule has 2 aromatic heterocycles. The van der Waals surface area contributed by atoms with Crippen molar-refractivity contribution >= 4 is 28.6 Å². The second-order valence-electron chi connectivity index (χ2n) is 6.64. The van der Waals surface area contributed by atoms with Gasteiger partial charge in [-0.3, -0.25) is 0 Å². The van der Waals surface area contributed by atoms with Crippen molar-refractivity contribution < 1.29 is 0 Å². The average Bonchev–Trinajstić information content (AvgIpc) is 3.12. The molecule has 2 N–H and O–H groups in total. The maximum absolute atomic E-state index is 4.71. The zero-order chi connectivity index (χ0) is 18.6. The van der Waals surface area contributed by atoms with Gasteiger partial charge < -0.3 is 15.2 Å². The Morgan fingerprint density at radius 1 is 0.926 bits per heavy atom. The van der Waals surface area contributed by atoms with Gasteiger partial charge in [0.2, 0.25) is 5.95 Å². The second kappa shape index (κ2) is 7.45. The number of para-hydroxylation sites is 1. The Hall–Kier alpha value is -3.41. The number of hydrogen-bond donors (Lipinski definition) is 2. The van der Waals surface area contributed by atoms with Crippen molar-refractivity contribution in [1.82, 2.24) is 19.5 Å². The summed E-state index contributed by atoms with van der Waals surface area (Å²) in [5.74, 6) is 1.27. The molecule has 0 aliphatic carbocycles. The second-order valence-corrected chi connectivity index (χ2v) is 6.64. The van der Waals surface area contributed by atoms with Crippen LogP contribution in [0.1, 0.15) is 25.5 Å². The number of anilines is 3. The Balaban J connectivity index is 1.71. The van der Waals surface area contributed by atoms with Crippen LogP contribution in [0, 0.1) is 0 Å². The van der Waals surface area contributed by atoms with E-state index in [-0.39, 0.29) is 6.04 Å². The SMILES string of the molecule is CC(C)n1cnc2c(NCc3ccccc3)nc(Nc3ccccc3)nc21. The Kier molecular flexibility index (Phi) is 4.70. The third-order valence-corrected chi connectivity index (χ3v) is 4.31. The fourth-order valence-electron chi connectivity index (χ4n) is 2.91. The molecule has 6 heteroatoms. The summed E-state index contributed by atoms with van der Waals surface area (Å²) in [6.07, 6.45) is 1.82. The minimum absolute atomic E-state index is 0.261. The lowest BCUT2D eigenvalue weighted by Gasteiger charge is -2.12. The lowest BCUT2D eigenvalue weighted by molar-refractivity contribution is 0.613. The molecule has 2 heterocycles.